The highest BCUT2D eigenvalue weighted by atomic mass is 32.2. The Morgan fingerprint density at radius 3 is 2.50 bits per heavy atom. The molecule has 0 atom stereocenters. The van der Waals surface area contributed by atoms with Gasteiger partial charge in [-0.05, 0) is 41.6 Å². The smallest absolute Gasteiger partial charge is 0.233 e. The average Bonchev–Trinajstić information content (AvgIpc) is 3.21. The van der Waals surface area contributed by atoms with E-state index in [9.17, 15) is 4.79 Å². The van der Waals surface area contributed by atoms with Gasteiger partial charge in [0.25, 0.3) is 0 Å². The van der Waals surface area contributed by atoms with E-state index in [1.165, 1.54) is 16.2 Å². The van der Waals surface area contributed by atoms with E-state index in [1.807, 2.05) is 66.9 Å². The second-order valence-electron chi connectivity index (χ2n) is 6.82. The molecule has 0 aliphatic carbocycles. The van der Waals surface area contributed by atoms with Crippen LogP contribution in [-0.2, 0) is 17.8 Å². The van der Waals surface area contributed by atoms with Crippen molar-refractivity contribution in [2.45, 2.75) is 17.9 Å². The number of thiazole rings is 1. The number of hydrogen-bond donors (Lipinski definition) is 0. The Kier molecular flexibility index (Phi) is 6.35. The molecule has 4 rings (SSSR count). The SMILES string of the molecule is COc1ccc2sc(N(Cc3ccccc3)C(=O)Cc3ccc(SC)cc3)nc2c1. The normalized spacial score (nSPS) is 10.9. The summed E-state index contributed by atoms with van der Waals surface area (Å²) in [6.45, 7) is 0.486. The summed E-state index contributed by atoms with van der Waals surface area (Å²) in [4.78, 5) is 21.1. The highest BCUT2D eigenvalue weighted by molar-refractivity contribution is 7.98. The first-order valence-electron chi connectivity index (χ1n) is 9.58. The number of fused-ring (bicyclic) bond motifs is 1. The Labute approximate surface area is 184 Å². The molecule has 1 heterocycles. The standard InChI is InChI=1S/C24H22N2O2S2/c1-28-19-10-13-22-21(15-19)25-24(30-22)26(16-18-6-4-3-5-7-18)23(27)14-17-8-11-20(29-2)12-9-17/h3-13,15H,14,16H2,1-2H3. The Morgan fingerprint density at radius 1 is 1.03 bits per heavy atom. The van der Waals surface area contributed by atoms with Gasteiger partial charge in [0.2, 0.25) is 5.91 Å². The van der Waals surface area contributed by atoms with Crippen molar-refractivity contribution >= 4 is 44.4 Å². The number of anilines is 1. The van der Waals surface area contributed by atoms with Gasteiger partial charge in [-0.2, -0.15) is 0 Å². The molecule has 0 radical (unpaired) electrons. The van der Waals surface area contributed by atoms with Crippen molar-refractivity contribution in [2.24, 2.45) is 0 Å². The number of carbonyl (C=O) groups is 1. The molecule has 1 amide bonds. The average molecular weight is 435 g/mol. The molecular weight excluding hydrogens is 412 g/mol. The van der Waals surface area contributed by atoms with Crippen molar-refractivity contribution in [3.05, 3.63) is 83.9 Å². The second-order valence-corrected chi connectivity index (χ2v) is 8.71. The van der Waals surface area contributed by atoms with Crippen molar-refractivity contribution < 1.29 is 9.53 Å². The van der Waals surface area contributed by atoms with Gasteiger partial charge in [0.15, 0.2) is 5.13 Å². The number of amides is 1. The number of carbonyl (C=O) groups excluding carboxylic acids is 1. The van der Waals surface area contributed by atoms with E-state index < -0.39 is 0 Å². The van der Waals surface area contributed by atoms with Crippen molar-refractivity contribution in [3.63, 3.8) is 0 Å². The summed E-state index contributed by atoms with van der Waals surface area (Å²) >= 11 is 3.22. The molecule has 0 bridgehead atoms. The van der Waals surface area contributed by atoms with Crippen molar-refractivity contribution in [2.75, 3.05) is 18.3 Å². The van der Waals surface area contributed by atoms with Gasteiger partial charge in [-0.25, -0.2) is 4.98 Å². The van der Waals surface area contributed by atoms with Gasteiger partial charge in [0, 0.05) is 11.0 Å². The maximum atomic E-state index is 13.3. The van der Waals surface area contributed by atoms with Gasteiger partial charge >= 0.3 is 0 Å². The fourth-order valence-corrected chi connectivity index (χ4v) is 4.55. The van der Waals surface area contributed by atoms with Crippen LogP contribution in [0.5, 0.6) is 5.75 Å². The van der Waals surface area contributed by atoms with Crippen molar-refractivity contribution in [3.8, 4) is 5.75 Å². The van der Waals surface area contributed by atoms with Gasteiger partial charge in [-0.15, -0.1) is 11.8 Å². The van der Waals surface area contributed by atoms with Crippen LogP contribution in [0.3, 0.4) is 0 Å². The minimum atomic E-state index is 0.0294. The first kappa shape index (κ1) is 20.4. The molecule has 0 aliphatic heterocycles. The maximum Gasteiger partial charge on any atom is 0.233 e. The summed E-state index contributed by atoms with van der Waals surface area (Å²) in [6.07, 6.45) is 2.38. The second kappa shape index (κ2) is 9.32. The van der Waals surface area contributed by atoms with Crippen LogP contribution in [0.2, 0.25) is 0 Å². The molecule has 4 aromatic rings. The van der Waals surface area contributed by atoms with E-state index >= 15 is 0 Å². The molecule has 1 aromatic heterocycles. The highest BCUT2D eigenvalue weighted by Gasteiger charge is 2.21. The Bertz CT molecular complexity index is 1140. The molecule has 0 N–H and O–H groups in total. The Morgan fingerprint density at radius 2 is 1.80 bits per heavy atom. The summed E-state index contributed by atoms with van der Waals surface area (Å²) in [5, 5.41) is 0.702. The third-order valence-corrected chi connectivity index (χ3v) is 6.62. The van der Waals surface area contributed by atoms with Gasteiger partial charge < -0.3 is 4.74 Å². The van der Waals surface area contributed by atoms with Gasteiger partial charge in [0.1, 0.15) is 5.75 Å². The predicted octanol–water partition coefficient (Wildman–Crippen LogP) is 5.80. The molecule has 152 valence electrons. The van der Waals surface area contributed by atoms with E-state index in [1.54, 1.807) is 23.8 Å². The largest absolute Gasteiger partial charge is 0.497 e. The van der Waals surface area contributed by atoms with Crippen LogP contribution in [-0.4, -0.2) is 24.3 Å². The lowest BCUT2D eigenvalue weighted by molar-refractivity contribution is -0.118. The number of aromatic nitrogens is 1. The predicted molar refractivity (Wildman–Crippen MR) is 126 cm³/mol. The van der Waals surface area contributed by atoms with Gasteiger partial charge in [-0.3, -0.25) is 9.69 Å². The minimum Gasteiger partial charge on any atom is -0.497 e. The third-order valence-electron chi connectivity index (χ3n) is 4.81. The number of thioether (sulfide) groups is 1. The zero-order valence-corrected chi connectivity index (χ0v) is 18.5. The van der Waals surface area contributed by atoms with Gasteiger partial charge in [0.05, 0.1) is 30.3 Å². The summed E-state index contributed by atoms with van der Waals surface area (Å²) in [6, 6.07) is 24.0. The zero-order chi connectivity index (χ0) is 20.9. The summed E-state index contributed by atoms with van der Waals surface area (Å²) in [5.74, 6) is 0.788. The van der Waals surface area contributed by atoms with E-state index in [0.717, 1.165) is 27.1 Å². The monoisotopic (exact) mass is 434 g/mol. The molecule has 30 heavy (non-hydrogen) atoms. The number of ether oxygens (including phenoxy) is 1. The fraction of sp³-hybridized carbons (Fsp3) is 0.167. The van der Waals surface area contributed by atoms with Crippen molar-refractivity contribution in [1.82, 2.24) is 4.98 Å². The molecule has 3 aromatic carbocycles. The number of nitrogens with zero attached hydrogens (tertiary/aromatic N) is 2. The maximum absolute atomic E-state index is 13.3. The van der Waals surface area contributed by atoms with Crippen LogP contribution in [0.15, 0.2) is 77.7 Å². The number of methoxy groups -OCH3 is 1. The van der Waals surface area contributed by atoms with Crippen molar-refractivity contribution in [1.29, 1.82) is 0 Å². The van der Waals surface area contributed by atoms with E-state index in [0.29, 0.717) is 18.1 Å². The molecule has 0 aliphatic rings. The van der Waals surface area contributed by atoms with E-state index in [2.05, 4.69) is 12.1 Å². The van der Waals surface area contributed by atoms with Gasteiger partial charge in [-0.1, -0.05) is 53.8 Å². The molecule has 0 saturated heterocycles. The quantitative estimate of drug-likeness (QED) is 0.345. The van der Waals surface area contributed by atoms with Crippen LogP contribution >= 0.6 is 23.1 Å². The van der Waals surface area contributed by atoms with Crippen LogP contribution in [0.25, 0.3) is 10.2 Å². The Balaban J connectivity index is 1.65. The van der Waals surface area contributed by atoms with Crippen LogP contribution < -0.4 is 9.64 Å². The topological polar surface area (TPSA) is 42.4 Å². The van der Waals surface area contributed by atoms with Crippen LogP contribution in [0, 0.1) is 0 Å². The summed E-state index contributed by atoms with van der Waals surface area (Å²) in [7, 11) is 1.64. The molecular formula is C24H22N2O2S2. The van der Waals surface area contributed by atoms with E-state index in [-0.39, 0.29) is 5.91 Å². The van der Waals surface area contributed by atoms with Crippen LogP contribution in [0.1, 0.15) is 11.1 Å². The number of hydrogen-bond acceptors (Lipinski definition) is 5. The first-order chi connectivity index (χ1) is 14.7. The molecule has 0 fully saturated rings. The number of benzene rings is 3. The highest BCUT2D eigenvalue weighted by Crippen LogP contribution is 2.32. The lowest BCUT2D eigenvalue weighted by Gasteiger charge is -2.20. The first-order valence-corrected chi connectivity index (χ1v) is 11.6. The lowest BCUT2D eigenvalue weighted by atomic mass is 10.1. The molecule has 4 nitrogen and oxygen atoms in total. The molecule has 0 spiro atoms. The number of rotatable bonds is 7. The molecule has 0 saturated carbocycles. The fourth-order valence-electron chi connectivity index (χ4n) is 3.18. The summed E-state index contributed by atoms with van der Waals surface area (Å²) < 4.78 is 6.34. The third kappa shape index (κ3) is 4.66. The lowest BCUT2D eigenvalue weighted by Crippen LogP contribution is -2.31. The minimum absolute atomic E-state index is 0.0294. The molecule has 0 unspecified atom stereocenters. The van der Waals surface area contributed by atoms with Crippen LogP contribution in [0.4, 0.5) is 5.13 Å². The van der Waals surface area contributed by atoms with E-state index in [4.69, 9.17) is 9.72 Å². The Hall–Kier alpha value is -2.83. The summed E-state index contributed by atoms with van der Waals surface area (Å²) in [5.41, 5.74) is 2.91. The molecule has 6 heteroatoms. The zero-order valence-electron chi connectivity index (χ0n) is 16.9.